The van der Waals surface area contributed by atoms with Gasteiger partial charge in [-0.3, -0.25) is 9.69 Å². The fourth-order valence-corrected chi connectivity index (χ4v) is 2.66. The molecule has 1 aliphatic rings. The molecule has 0 saturated heterocycles. The number of hydrogen-bond acceptors (Lipinski definition) is 2. The molecule has 0 atom stereocenters. The lowest BCUT2D eigenvalue weighted by atomic mass is 10.1. The molecule has 17 heavy (non-hydrogen) atoms. The highest BCUT2D eigenvalue weighted by atomic mass is 16.1. The third-order valence-electron chi connectivity index (χ3n) is 3.55. The molecule has 1 saturated carbocycles. The van der Waals surface area contributed by atoms with Crippen molar-refractivity contribution in [3.05, 3.63) is 35.9 Å². The molecule has 0 heterocycles. The van der Waals surface area contributed by atoms with Gasteiger partial charge in [0, 0.05) is 12.1 Å². The molecule has 0 unspecified atom stereocenters. The first kappa shape index (κ1) is 12.3. The minimum atomic E-state index is 0.228. The molecule has 0 aromatic heterocycles. The maximum Gasteiger partial charge on any atom is 0.176 e. The first-order chi connectivity index (χ1) is 8.25. The van der Waals surface area contributed by atoms with E-state index >= 15 is 0 Å². The highest BCUT2D eigenvalue weighted by molar-refractivity contribution is 5.97. The average molecular weight is 231 g/mol. The van der Waals surface area contributed by atoms with E-state index in [0.29, 0.717) is 6.54 Å². The van der Waals surface area contributed by atoms with Crippen molar-refractivity contribution in [2.45, 2.75) is 25.7 Å². The van der Waals surface area contributed by atoms with E-state index in [1.54, 1.807) is 0 Å². The van der Waals surface area contributed by atoms with E-state index < -0.39 is 0 Å². The fraction of sp³-hybridized carbons (Fsp3) is 0.533. The second-order valence-corrected chi connectivity index (χ2v) is 5.14. The number of nitrogens with zero attached hydrogens (tertiary/aromatic N) is 1. The van der Waals surface area contributed by atoms with E-state index in [1.807, 2.05) is 30.3 Å². The summed E-state index contributed by atoms with van der Waals surface area (Å²) in [6, 6.07) is 9.57. The van der Waals surface area contributed by atoms with E-state index in [-0.39, 0.29) is 5.78 Å². The quantitative estimate of drug-likeness (QED) is 0.726. The smallest absolute Gasteiger partial charge is 0.176 e. The van der Waals surface area contributed by atoms with Gasteiger partial charge in [0.1, 0.15) is 0 Å². The number of ketones is 1. The zero-order chi connectivity index (χ0) is 12.1. The fourth-order valence-electron chi connectivity index (χ4n) is 2.66. The Morgan fingerprint density at radius 1 is 1.24 bits per heavy atom. The van der Waals surface area contributed by atoms with Crippen LogP contribution in [0.5, 0.6) is 0 Å². The summed E-state index contributed by atoms with van der Waals surface area (Å²) < 4.78 is 0. The van der Waals surface area contributed by atoms with E-state index in [2.05, 4.69) is 11.9 Å². The summed E-state index contributed by atoms with van der Waals surface area (Å²) in [4.78, 5) is 14.2. The Morgan fingerprint density at radius 2 is 1.88 bits per heavy atom. The van der Waals surface area contributed by atoms with Crippen molar-refractivity contribution < 1.29 is 4.79 Å². The molecule has 0 bridgehead atoms. The molecule has 2 heteroatoms. The molecular formula is C15H21NO. The second kappa shape index (κ2) is 5.97. The third-order valence-corrected chi connectivity index (χ3v) is 3.55. The molecule has 0 spiro atoms. The van der Waals surface area contributed by atoms with Crippen LogP contribution < -0.4 is 0 Å². The molecular weight excluding hydrogens is 210 g/mol. The summed E-state index contributed by atoms with van der Waals surface area (Å²) in [5, 5.41) is 0. The summed E-state index contributed by atoms with van der Waals surface area (Å²) in [6.45, 7) is 1.61. The number of Topliss-reactive ketones (excluding diaryl/α,β-unsaturated/α-hetero) is 1. The van der Waals surface area contributed by atoms with Crippen LogP contribution >= 0.6 is 0 Å². The van der Waals surface area contributed by atoms with Crippen LogP contribution in [0.2, 0.25) is 0 Å². The first-order valence-corrected chi connectivity index (χ1v) is 6.52. The molecule has 1 fully saturated rings. The monoisotopic (exact) mass is 231 g/mol. The van der Waals surface area contributed by atoms with Gasteiger partial charge >= 0.3 is 0 Å². The molecule has 92 valence electrons. The van der Waals surface area contributed by atoms with Gasteiger partial charge in [-0.2, -0.15) is 0 Å². The molecule has 0 radical (unpaired) electrons. The van der Waals surface area contributed by atoms with E-state index in [1.165, 1.54) is 25.7 Å². The zero-order valence-electron chi connectivity index (χ0n) is 10.6. The van der Waals surface area contributed by atoms with Crippen LogP contribution in [-0.4, -0.2) is 30.8 Å². The minimum absolute atomic E-state index is 0.228. The Balaban J connectivity index is 1.81. The maximum atomic E-state index is 12.0. The Hall–Kier alpha value is -1.15. The molecule has 1 aliphatic carbocycles. The first-order valence-electron chi connectivity index (χ1n) is 6.52. The van der Waals surface area contributed by atoms with Crippen molar-refractivity contribution >= 4 is 5.78 Å². The highest BCUT2D eigenvalue weighted by Crippen LogP contribution is 2.25. The van der Waals surface area contributed by atoms with Crippen LogP contribution in [0, 0.1) is 5.92 Å². The van der Waals surface area contributed by atoms with Crippen molar-refractivity contribution in [2.75, 3.05) is 20.1 Å². The lowest BCUT2D eigenvalue weighted by Gasteiger charge is -2.19. The van der Waals surface area contributed by atoms with Gasteiger partial charge in [0.2, 0.25) is 0 Å². The Labute approximate surface area is 104 Å². The third kappa shape index (κ3) is 3.67. The highest BCUT2D eigenvalue weighted by Gasteiger charge is 2.18. The summed E-state index contributed by atoms with van der Waals surface area (Å²) in [6.07, 6.45) is 5.41. The van der Waals surface area contributed by atoms with Crippen LogP contribution in [0.3, 0.4) is 0 Å². The minimum Gasteiger partial charge on any atom is -0.299 e. The summed E-state index contributed by atoms with van der Waals surface area (Å²) in [5.41, 5.74) is 0.825. The van der Waals surface area contributed by atoms with Crippen molar-refractivity contribution in [1.82, 2.24) is 4.90 Å². The SMILES string of the molecule is CN(CC(=O)c1ccccc1)CC1CCCC1. The molecule has 0 N–H and O–H groups in total. The molecule has 2 rings (SSSR count). The lowest BCUT2D eigenvalue weighted by Crippen LogP contribution is -2.30. The van der Waals surface area contributed by atoms with E-state index in [9.17, 15) is 4.79 Å². The largest absolute Gasteiger partial charge is 0.299 e. The standard InChI is InChI=1S/C15H21NO/c1-16(11-13-7-5-6-8-13)12-15(17)14-9-3-2-4-10-14/h2-4,9-10,13H,5-8,11-12H2,1H3. The van der Waals surface area contributed by atoms with Gasteiger partial charge < -0.3 is 0 Å². The van der Waals surface area contributed by atoms with Crippen molar-refractivity contribution in [1.29, 1.82) is 0 Å². The predicted octanol–water partition coefficient (Wildman–Crippen LogP) is 2.99. The number of carbonyl (C=O) groups excluding carboxylic acids is 1. The molecule has 1 aromatic rings. The van der Waals surface area contributed by atoms with Gasteiger partial charge in [-0.1, -0.05) is 43.2 Å². The van der Waals surface area contributed by atoms with Crippen molar-refractivity contribution in [3.63, 3.8) is 0 Å². The Bertz CT molecular complexity index is 354. The number of likely N-dealkylation sites (N-methyl/N-ethyl adjacent to an activating group) is 1. The zero-order valence-corrected chi connectivity index (χ0v) is 10.6. The van der Waals surface area contributed by atoms with Crippen LogP contribution in [0.4, 0.5) is 0 Å². The van der Waals surface area contributed by atoms with Gasteiger partial charge in [-0.25, -0.2) is 0 Å². The summed E-state index contributed by atoms with van der Waals surface area (Å²) in [7, 11) is 2.05. The van der Waals surface area contributed by atoms with Crippen LogP contribution in [0.25, 0.3) is 0 Å². The normalized spacial score (nSPS) is 16.6. The predicted molar refractivity (Wildman–Crippen MR) is 70.2 cm³/mol. The van der Waals surface area contributed by atoms with Gasteiger partial charge in [-0.05, 0) is 25.8 Å². The van der Waals surface area contributed by atoms with Gasteiger partial charge in [0.15, 0.2) is 5.78 Å². The van der Waals surface area contributed by atoms with Gasteiger partial charge in [0.25, 0.3) is 0 Å². The Morgan fingerprint density at radius 3 is 2.53 bits per heavy atom. The molecule has 2 nitrogen and oxygen atoms in total. The van der Waals surface area contributed by atoms with Gasteiger partial charge in [-0.15, -0.1) is 0 Å². The topological polar surface area (TPSA) is 20.3 Å². The maximum absolute atomic E-state index is 12.0. The Kier molecular flexibility index (Phi) is 4.32. The van der Waals surface area contributed by atoms with Gasteiger partial charge in [0.05, 0.1) is 6.54 Å². The van der Waals surface area contributed by atoms with E-state index in [4.69, 9.17) is 0 Å². The summed E-state index contributed by atoms with van der Waals surface area (Å²) in [5.74, 6) is 1.04. The summed E-state index contributed by atoms with van der Waals surface area (Å²) >= 11 is 0. The van der Waals surface area contributed by atoms with Crippen LogP contribution in [-0.2, 0) is 0 Å². The number of benzene rings is 1. The number of rotatable bonds is 5. The van der Waals surface area contributed by atoms with E-state index in [0.717, 1.165) is 18.0 Å². The van der Waals surface area contributed by atoms with Crippen LogP contribution in [0.15, 0.2) is 30.3 Å². The lowest BCUT2D eigenvalue weighted by molar-refractivity contribution is 0.0938. The molecule has 0 aliphatic heterocycles. The molecule has 1 aromatic carbocycles. The average Bonchev–Trinajstić information content (AvgIpc) is 2.82. The number of hydrogen-bond donors (Lipinski definition) is 0. The van der Waals surface area contributed by atoms with Crippen molar-refractivity contribution in [3.8, 4) is 0 Å². The number of carbonyl (C=O) groups is 1. The van der Waals surface area contributed by atoms with Crippen LogP contribution in [0.1, 0.15) is 36.0 Å². The van der Waals surface area contributed by atoms with Crippen molar-refractivity contribution in [2.24, 2.45) is 5.92 Å². The molecule has 0 amide bonds. The second-order valence-electron chi connectivity index (χ2n) is 5.14.